The molecule has 174 valence electrons. The van der Waals surface area contributed by atoms with Crippen LogP contribution >= 0.6 is 0 Å². The van der Waals surface area contributed by atoms with Gasteiger partial charge in [0.25, 0.3) is 5.78 Å². The molecule has 0 aromatic heterocycles. The number of Topliss-reactive ketones (excluding diaryl/α,β-unsaturated/α-hetero) is 1. The summed E-state index contributed by atoms with van der Waals surface area (Å²) in [4.78, 5) is 30.6. The van der Waals surface area contributed by atoms with Crippen LogP contribution in [-0.4, -0.2) is 54.2 Å². The summed E-state index contributed by atoms with van der Waals surface area (Å²) < 4.78 is 5.42. The van der Waals surface area contributed by atoms with Gasteiger partial charge in [-0.3, -0.25) is 9.59 Å². The molecule has 0 bridgehead atoms. The number of hydrogen-bond acceptors (Lipinski definition) is 6. The number of ether oxygens (including phenoxy) is 1. The van der Waals surface area contributed by atoms with Gasteiger partial charge in [-0.1, -0.05) is 36.1 Å². The first kappa shape index (κ1) is 23.7. The van der Waals surface area contributed by atoms with Gasteiger partial charge >= 0.3 is 5.91 Å². The minimum Gasteiger partial charge on any atom is -0.396 e. The molecule has 34 heavy (non-hydrogen) atoms. The Balaban J connectivity index is 1.38. The van der Waals surface area contributed by atoms with E-state index in [1.54, 1.807) is 0 Å². The van der Waals surface area contributed by atoms with Gasteiger partial charge in [0.15, 0.2) is 0 Å². The van der Waals surface area contributed by atoms with Crippen LogP contribution in [0.2, 0.25) is 0 Å². The molecule has 2 aromatic rings. The van der Waals surface area contributed by atoms with Gasteiger partial charge in [-0.15, -0.1) is 0 Å². The molecule has 1 unspecified atom stereocenters. The molecule has 0 aliphatic carbocycles. The molecule has 1 fully saturated rings. The molecule has 1 saturated heterocycles. The van der Waals surface area contributed by atoms with Crippen molar-refractivity contribution in [1.82, 2.24) is 0 Å². The predicted molar refractivity (Wildman–Crippen MR) is 130 cm³/mol. The van der Waals surface area contributed by atoms with Crippen molar-refractivity contribution < 1.29 is 19.4 Å². The Morgan fingerprint density at radius 3 is 2.24 bits per heavy atom. The van der Waals surface area contributed by atoms with Gasteiger partial charge in [0.1, 0.15) is 6.34 Å². The summed E-state index contributed by atoms with van der Waals surface area (Å²) in [7, 11) is 0. The number of nitrogens with zero attached hydrogens (tertiary/aromatic N) is 2. The van der Waals surface area contributed by atoms with E-state index in [-0.39, 0.29) is 30.2 Å². The van der Waals surface area contributed by atoms with Crippen LogP contribution in [0.15, 0.2) is 58.5 Å². The fourth-order valence-corrected chi connectivity index (χ4v) is 4.11. The Morgan fingerprint density at radius 2 is 1.62 bits per heavy atom. The molecule has 4 rings (SSSR count). The van der Waals surface area contributed by atoms with E-state index < -0.39 is 11.7 Å². The van der Waals surface area contributed by atoms with E-state index in [9.17, 15) is 14.7 Å². The van der Waals surface area contributed by atoms with Gasteiger partial charge in [0, 0.05) is 42.2 Å². The number of nitrogens with two attached hydrogens (primary N) is 1. The highest BCUT2D eigenvalue weighted by molar-refractivity contribution is 6.66. The highest BCUT2D eigenvalue weighted by Crippen LogP contribution is 2.23. The highest BCUT2D eigenvalue weighted by Gasteiger charge is 2.28. The van der Waals surface area contributed by atoms with Crippen LogP contribution < -0.4 is 5.73 Å². The maximum atomic E-state index is 11.9. The van der Waals surface area contributed by atoms with Crippen molar-refractivity contribution in [2.45, 2.75) is 37.1 Å². The minimum atomic E-state index is -0.827. The molecule has 7 nitrogen and oxygen atoms in total. The highest BCUT2D eigenvalue weighted by atomic mass is 16.5. The Hall–Kier alpha value is -3.44. The lowest BCUT2D eigenvalue weighted by atomic mass is 9.85. The van der Waals surface area contributed by atoms with Crippen LogP contribution in [0.25, 0.3) is 0 Å². The number of carbonyl (C=O) groups excluding carboxylic acids is 2. The number of carbonyl (C=O) groups is 2. The summed E-state index contributed by atoms with van der Waals surface area (Å²) in [5.41, 5.74) is 10.2. The molecule has 2 aromatic carbocycles. The van der Waals surface area contributed by atoms with Gasteiger partial charge < -0.3 is 15.6 Å². The summed E-state index contributed by atoms with van der Waals surface area (Å²) >= 11 is 0. The molecule has 0 saturated carbocycles. The van der Waals surface area contributed by atoms with E-state index in [0.29, 0.717) is 0 Å². The van der Waals surface area contributed by atoms with Crippen LogP contribution in [0, 0.1) is 11.8 Å². The van der Waals surface area contributed by atoms with Crippen LogP contribution in [0.3, 0.4) is 0 Å². The molecule has 3 N–H and O–H groups in total. The zero-order valence-corrected chi connectivity index (χ0v) is 18.9. The zero-order chi connectivity index (χ0) is 24.0. The number of ketones is 1. The summed E-state index contributed by atoms with van der Waals surface area (Å²) in [6.45, 7) is 1.27. The third-order valence-electron chi connectivity index (χ3n) is 6.24. The van der Waals surface area contributed by atoms with Crippen LogP contribution in [0.4, 0.5) is 0 Å². The molecule has 0 radical (unpaired) electrons. The summed E-state index contributed by atoms with van der Waals surface area (Å²) in [6.07, 6.45) is 3.83. The van der Waals surface area contributed by atoms with Gasteiger partial charge in [-0.05, 0) is 54.7 Å². The molecular weight excluding hydrogens is 430 g/mol. The zero-order valence-electron chi connectivity index (χ0n) is 18.9. The molecular formula is C27H27N3O4. The molecule has 7 heteroatoms. The first-order chi connectivity index (χ1) is 16.5. The standard InChI is InChI=1S/C27H27N3O4/c28-27(11-13-34-14-12-27)16-21-5-3-19(4-6-21)1-2-20-7-9-22(10-8-20)23(17-31)15-24-25(32)26(33)30-18-29-24/h3-10,18,23,31H,11-17,28H2. The monoisotopic (exact) mass is 457 g/mol. The maximum Gasteiger partial charge on any atom is 0.320 e. The van der Waals surface area contributed by atoms with Crippen LogP contribution in [0.5, 0.6) is 0 Å². The van der Waals surface area contributed by atoms with E-state index in [1.807, 2.05) is 36.4 Å². The number of hydrogen-bond donors (Lipinski definition) is 2. The molecule has 0 spiro atoms. The largest absolute Gasteiger partial charge is 0.396 e. The second kappa shape index (κ2) is 10.7. The number of amides is 1. The van der Waals surface area contributed by atoms with E-state index in [2.05, 4.69) is 34.0 Å². The summed E-state index contributed by atoms with van der Waals surface area (Å²) in [5.74, 6) is 4.43. The third-order valence-corrected chi connectivity index (χ3v) is 6.24. The summed E-state index contributed by atoms with van der Waals surface area (Å²) in [6, 6.07) is 15.7. The lowest BCUT2D eigenvalue weighted by Gasteiger charge is -2.33. The van der Waals surface area contributed by atoms with Gasteiger partial charge in [0.2, 0.25) is 0 Å². The topological polar surface area (TPSA) is 114 Å². The number of benzene rings is 2. The van der Waals surface area contributed by atoms with Crippen molar-refractivity contribution in [2.24, 2.45) is 15.7 Å². The van der Waals surface area contributed by atoms with E-state index in [0.717, 1.165) is 55.5 Å². The quantitative estimate of drug-likeness (QED) is 0.510. The van der Waals surface area contributed by atoms with Crippen molar-refractivity contribution in [3.05, 3.63) is 70.8 Å². The molecule has 1 amide bonds. The lowest BCUT2D eigenvalue weighted by Crippen LogP contribution is -2.46. The van der Waals surface area contributed by atoms with Crippen molar-refractivity contribution in [2.75, 3.05) is 19.8 Å². The Morgan fingerprint density at radius 1 is 1.00 bits per heavy atom. The second-order valence-corrected chi connectivity index (χ2v) is 8.76. The maximum absolute atomic E-state index is 11.9. The van der Waals surface area contributed by atoms with Gasteiger partial charge in [-0.2, -0.15) is 4.99 Å². The number of aliphatic hydroxyl groups excluding tert-OH is 1. The first-order valence-electron chi connectivity index (χ1n) is 11.3. The van der Waals surface area contributed by atoms with Crippen molar-refractivity contribution >= 4 is 23.7 Å². The SMILES string of the molecule is NC1(Cc2ccc(C#Cc3ccc(C(CO)CC4=NC=NC(=O)C4=O)cc3)cc2)CCOCC1. The molecule has 1 atom stereocenters. The average molecular weight is 458 g/mol. The summed E-state index contributed by atoms with van der Waals surface area (Å²) in [5, 5.41) is 9.80. The third kappa shape index (κ3) is 5.91. The van der Waals surface area contributed by atoms with Crippen molar-refractivity contribution in [1.29, 1.82) is 0 Å². The normalized spacial score (nSPS) is 18.1. The number of aliphatic imine (C=N–C) groups is 2. The molecule has 2 aliphatic rings. The fourth-order valence-electron chi connectivity index (χ4n) is 4.11. The number of rotatable bonds is 6. The predicted octanol–water partition coefficient (Wildman–Crippen LogP) is 2.18. The fraction of sp³-hybridized carbons (Fsp3) is 0.333. The van der Waals surface area contributed by atoms with Crippen LogP contribution in [-0.2, 0) is 20.7 Å². The van der Waals surface area contributed by atoms with E-state index in [4.69, 9.17) is 10.5 Å². The molecule has 2 aliphatic heterocycles. The van der Waals surface area contributed by atoms with E-state index >= 15 is 0 Å². The lowest BCUT2D eigenvalue weighted by molar-refractivity contribution is -0.132. The van der Waals surface area contributed by atoms with E-state index in [1.165, 1.54) is 5.56 Å². The first-order valence-corrected chi connectivity index (χ1v) is 11.3. The van der Waals surface area contributed by atoms with Crippen molar-refractivity contribution in [3.8, 4) is 11.8 Å². The Labute approximate surface area is 198 Å². The smallest absolute Gasteiger partial charge is 0.320 e. The number of aliphatic hydroxyl groups is 1. The average Bonchev–Trinajstić information content (AvgIpc) is 2.85. The van der Waals surface area contributed by atoms with Crippen molar-refractivity contribution in [3.63, 3.8) is 0 Å². The minimum absolute atomic E-state index is 0.115. The van der Waals surface area contributed by atoms with Gasteiger partial charge in [0.05, 0.1) is 12.3 Å². The van der Waals surface area contributed by atoms with Gasteiger partial charge in [-0.25, -0.2) is 4.99 Å². The second-order valence-electron chi connectivity index (χ2n) is 8.76. The Kier molecular flexibility index (Phi) is 7.43. The van der Waals surface area contributed by atoms with Crippen LogP contribution in [0.1, 0.15) is 47.4 Å². The molecule has 2 heterocycles. The Bertz CT molecular complexity index is 1170.